The molecule has 21 heavy (non-hydrogen) atoms. The van der Waals surface area contributed by atoms with Gasteiger partial charge in [0.15, 0.2) is 0 Å². The van der Waals surface area contributed by atoms with Gasteiger partial charge in [0.25, 0.3) is 0 Å². The predicted molar refractivity (Wildman–Crippen MR) is 80.1 cm³/mol. The Labute approximate surface area is 125 Å². The molecule has 1 amide bonds. The first-order chi connectivity index (χ1) is 9.74. The molecule has 0 unspecified atom stereocenters. The second kappa shape index (κ2) is 6.15. The van der Waals surface area contributed by atoms with Crippen molar-refractivity contribution in [2.24, 2.45) is 5.92 Å². The van der Waals surface area contributed by atoms with Crippen molar-refractivity contribution < 1.29 is 14.4 Å². The molecule has 1 fully saturated rings. The number of amides is 1. The van der Waals surface area contributed by atoms with Gasteiger partial charge in [0.1, 0.15) is 0 Å². The zero-order valence-corrected chi connectivity index (χ0v) is 13.2. The van der Waals surface area contributed by atoms with E-state index in [1.54, 1.807) is 6.07 Å². The summed E-state index contributed by atoms with van der Waals surface area (Å²) in [6.45, 7) is 7.25. The Balaban J connectivity index is 1.77. The Hall–Kier alpha value is -1.40. The molecule has 0 aliphatic heterocycles. The molecule has 1 aromatic rings. The molecule has 2 N–H and O–H groups in total. The fraction of sp³-hybridized carbons (Fsp3) is 0.733. The summed E-state index contributed by atoms with van der Waals surface area (Å²) in [5.74, 6) is 0.766. The van der Waals surface area contributed by atoms with Crippen molar-refractivity contribution in [1.29, 1.82) is 0 Å². The van der Waals surface area contributed by atoms with Crippen molar-refractivity contribution in [3.63, 3.8) is 0 Å². The van der Waals surface area contributed by atoms with E-state index in [0.29, 0.717) is 18.3 Å². The van der Waals surface area contributed by atoms with Gasteiger partial charge >= 0.3 is 0 Å². The van der Waals surface area contributed by atoms with Crippen LogP contribution < -0.4 is 5.32 Å². The number of nitrogens with one attached hydrogen (secondary N) is 1. The predicted octanol–water partition coefficient (Wildman–Crippen LogP) is 1.61. The van der Waals surface area contributed by atoms with Gasteiger partial charge in [-0.2, -0.15) is 0 Å². The van der Waals surface area contributed by atoms with Crippen LogP contribution in [0.25, 0.3) is 0 Å². The monoisotopic (exact) mass is 295 g/mol. The number of rotatable bonds is 5. The van der Waals surface area contributed by atoms with Crippen LogP contribution in [0.5, 0.6) is 0 Å². The average molecular weight is 295 g/mol. The van der Waals surface area contributed by atoms with Crippen LogP contribution in [0.15, 0.2) is 10.6 Å². The lowest BCUT2D eigenvalue weighted by Gasteiger charge is -2.34. The van der Waals surface area contributed by atoms with Crippen molar-refractivity contribution in [2.75, 3.05) is 25.5 Å². The summed E-state index contributed by atoms with van der Waals surface area (Å²) in [5.41, 5.74) is 0.712. The number of hydrogen-bond acceptors (Lipinski definition) is 5. The Morgan fingerprint density at radius 2 is 2.19 bits per heavy atom. The topological polar surface area (TPSA) is 78.6 Å². The first-order valence-corrected chi connectivity index (χ1v) is 7.37. The maximum absolute atomic E-state index is 11.9. The first kappa shape index (κ1) is 16.0. The van der Waals surface area contributed by atoms with E-state index in [1.807, 2.05) is 32.7 Å². The molecule has 1 heterocycles. The molecule has 1 aliphatic rings. The SMILES string of the molecule is CN(CC(=O)Nc1cc(C(C)(C)C)no1)CC1CC(O)C1. The standard InChI is InChI=1S/C15H25N3O3/c1-15(2,3)12-7-14(21-17-12)16-13(20)9-18(4)8-10-5-11(19)6-10/h7,10-11,19H,5-6,8-9H2,1-4H3,(H,16,20). The zero-order chi connectivity index (χ0) is 15.6. The molecule has 1 saturated carbocycles. The number of nitrogens with zero attached hydrogens (tertiary/aromatic N) is 2. The largest absolute Gasteiger partial charge is 0.393 e. The number of hydrogen-bond donors (Lipinski definition) is 2. The lowest BCUT2D eigenvalue weighted by molar-refractivity contribution is -0.117. The molecule has 0 spiro atoms. The van der Waals surface area contributed by atoms with Crippen LogP contribution >= 0.6 is 0 Å². The third kappa shape index (κ3) is 4.54. The smallest absolute Gasteiger partial charge is 0.240 e. The Morgan fingerprint density at radius 3 is 2.71 bits per heavy atom. The summed E-state index contributed by atoms with van der Waals surface area (Å²) in [5, 5.41) is 16.0. The number of anilines is 1. The highest BCUT2D eigenvalue weighted by molar-refractivity contribution is 5.90. The van der Waals surface area contributed by atoms with Gasteiger partial charge < -0.3 is 9.63 Å². The normalized spacial score (nSPS) is 22.2. The van der Waals surface area contributed by atoms with E-state index < -0.39 is 0 Å². The summed E-state index contributed by atoms with van der Waals surface area (Å²) in [6, 6.07) is 1.76. The minimum absolute atomic E-state index is 0.103. The molecule has 1 aliphatic carbocycles. The molecular formula is C15H25N3O3. The molecule has 118 valence electrons. The summed E-state index contributed by atoms with van der Waals surface area (Å²) < 4.78 is 5.14. The fourth-order valence-corrected chi connectivity index (χ4v) is 2.46. The molecule has 6 heteroatoms. The average Bonchev–Trinajstić information content (AvgIpc) is 2.74. The van der Waals surface area contributed by atoms with Gasteiger partial charge in [-0.3, -0.25) is 15.0 Å². The summed E-state index contributed by atoms with van der Waals surface area (Å²) >= 11 is 0. The number of aliphatic hydroxyl groups is 1. The van der Waals surface area contributed by atoms with Crippen LogP contribution in [0.3, 0.4) is 0 Å². The minimum atomic E-state index is -0.151. The van der Waals surface area contributed by atoms with Crippen molar-refractivity contribution >= 4 is 11.8 Å². The second-order valence-corrected chi connectivity index (χ2v) is 7.06. The highest BCUT2D eigenvalue weighted by Crippen LogP contribution is 2.27. The molecule has 0 radical (unpaired) electrons. The molecule has 1 aromatic heterocycles. The van der Waals surface area contributed by atoms with Crippen LogP contribution in [0, 0.1) is 5.92 Å². The number of likely N-dealkylation sites (N-methyl/N-ethyl adjacent to an activating group) is 1. The van der Waals surface area contributed by atoms with E-state index in [0.717, 1.165) is 25.1 Å². The summed E-state index contributed by atoms with van der Waals surface area (Å²) in [4.78, 5) is 13.9. The van der Waals surface area contributed by atoms with Gasteiger partial charge in [-0.1, -0.05) is 25.9 Å². The van der Waals surface area contributed by atoms with Gasteiger partial charge in [0.2, 0.25) is 11.8 Å². The van der Waals surface area contributed by atoms with Gasteiger partial charge in [-0.25, -0.2) is 0 Å². The molecule has 2 rings (SSSR count). The molecular weight excluding hydrogens is 270 g/mol. The number of carbonyl (C=O) groups excluding carboxylic acids is 1. The first-order valence-electron chi connectivity index (χ1n) is 7.37. The highest BCUT2D eigenvalue weighted by Gasteiger charge is 2.28. The van der Waals surface area contributed by atoms with E-state index in [2.05, 4.69) is 10.5 Å². The van der Waals surface area contributed by atoms with Crippen molar-refractivity contribution in [3.8, 4) is 0 Å². The lowest BCUT2D eigenvalue weighted by Crippen LogP contribution is -2.39. The Bertz CT molecular complexity index is 487. The molecule has 0 atom stereocenters. The van der Waals surface area contributed by atoms with Gasteiger partial charge in [-0.05, 0) is 25.8 Å². The maximum atomic E-state index is 11.9. The number of aromatic nitrogens is 1. The quantitative estimate of drug-likeness (QED) is 0.863. The minimum Gasteiger partial charge on any atom is -0.393 e. The third-order valence-corrected chi connectivity index (χ3v) is 3.74. The highest BCUT2D eigenvalue weighted by atomic mass is 16.5. The molecule has 6 nitrogen and oxygen atoms in total. The lowest BCUT2D eigenvalue weighted by atomic mass is 9.82. The van der Waals surface area contributed by atoms with Crippen molar-refractivity contribution in [2.45, 2.75) is 45.1 Å². The number of aliphatic hydroxyl groups excluding tert-OH is 1. The summed E-state index contributed by atoms with van der Waals surface area (Å²) in [6.07, 6.45) is 1.52. The zero-order valence-electron chi connectivity index (χ0n) is 13.2. The Kier molecular flexibility index (Phi) is 4.68. The van der Waals surface area contributed by atoms with Crippen LogP contribution in [0.1, 0.15) is 39.3 Å². The Morgan fingerprint density at radius 1 is 1.52 bits per heavy atom. The van der Waals surface area contributed by atoms with Crippen LogP contribution in [0.4, 0.5) is 5.88 Å². The van der Waals surface area contributed by atoms with Crippen LogP contribution in [-0.4, -0.2) is 47.3 Å². The fourth-order valence-electron chi connectivity index (χ4n) is 2.46. The van der Waals surface area contributed by atoms with Crippen molar-refractivity contribution in [3.05, 3.63) is 11.8 Å². The summed E-state index contributed by atoms with van der Waals surface area (Å²) in [7, 11) is 1.91. The van der Waals surface area contributed by atoms with E-state index in [9.17, 15) is 9.90 Å². The van der Waals surface area contributed by atoms with Gasteiger partial charge in [0.05, 0.1) is 18.3 Å². The second-order valence-electron chi connectivity index (χ2n) is 7.06. The molecule has 0 aromatic carbocycles. The van der Waals surface area contributed by atoms with Crippen LogP contribution in [0.2, 0.25) is 0 Å². The van der Waals surface area contributed by atoms with Gasteiger partial charge in [-0.15, -0.1) is 0 Å². The number of carbonyl (C=O) groups is 1. The van der Waals surface area contributed by atoms with E-state index in [-0.39, 0.29) is 17.4 Å². The van der Waals surface area contributed by atoms with Crippen molar-refractivity contribution in [1.82, 2.24) is 10.1 Å². The maximum Gasteiger partial charge on any atom is 0.240 e. The third-order valence-electron chi connectivity index (χ3n) is 3.74. The van der Waals surface area contributed by atoms with E-state index in [1.165, 1.54) is 0 Å². The van der Waals surface area contributed by atoms with E-state index in [4.69, 9.17) is 4.52 Å². The van der Waals surface area contributed by atoms with Crippen LogP contribution in [-0.2, 0) is 10.2 Å². The molecule has 0 saturated heterocycles. The molecule has 0 bridgehead atoms. The van der Waals surface area contributed by atoms with E-state index >= 15 is 0 Å². The van der Waals surface area contributed by atoms with Gasteiger partial charge in [0, 0.05) is 18.0 Å².